The summed E-state index contributed by atoms with van der Waals surface area (Å²) in [5.74, 6) is 0.981. The van der Waals surface area contributed by atoms with E-state index >= 15 is 0 Å². The molecule has 1 heterocycles. The minimum Gasteiger partial charge on any atom is -0.396 e. The number of rotatable bonds is 5. The van der Waals surface area contributed by atoms with Gasteiger partial charge in [-0.3, -0.25) is 0 Å². The van der Waals surface area contributed by atoms with Crippen molar-refractivity contribution in [2.24, 2.45) is 11.8 Å². The molecule has 0 aromatic carbocycles. The molecule has 0 radical (unpaired) electrons. The van der Waals surface area contributed by atoms with Crippen LogP contribution < -0.4 is 5.32 Å². The SMILES string of the molecule is CC(C)(C)c1nccc(C[C@@H]2[C@@H](CO)[C@H](O)C[C@H]2NC2CCCCC2)n1. The highest BCUT2D eigenvalue weighted by Crippen LogP contribution is 2.36. The molecule has 2 aliphatic rings. The monoisotopic (exact) mass is 361 g/mol. The van der Waals surface area contributed by atoms with Gasteiger partial charge in [-0.05, 0) is 37.7 Å². The lowest BCUT2D eigenvalue weighted by Gasteiger charge is -2.31. The first-order chi connectivity index (χ1) is 12.4. The fraction of sp³-hybridized carbons (Fsp3) is 0.810. The quantitative estimate of drug-likeness (QED) is 0.751. The van der Waals surface area contributed by atoms with Crippen molar-refractivity contribution in [3.05, 3.63) is 23.8 Å². The summed E-state index contributed by atoms with van der Waals surface area (Å²) in [5, 5.41) is 24.2. The topological polar surface area (TPSA) is 78.3 Å². The maximum atomic E-state index is 10.5. The molecule has 0 saturated heterocycles. The van der Waals surface area contributed by atoms with E-state index in [1.54, 1.807) is 0 Å². The highest BCUT2D eigenvalue weighted by molar-refractivity contribution is 5.11. The minimum atomic E-state index is -0.435. The molecule has 2 saturated carbocycles. The van der Waals surface area contributed by atoms with Crippen LogP contribution in [0.5, 0.6) is 0 Å². The molecule has 3 N–H and O–H groups in total. The first-order valence-corrected chi connectivity index (χ1v) is 10.3. The van der Waals surface area contributed by atoms with Gasteiger partial charge in [-0.15, -0.1) is 0 Å². The first-order valence-electron chi connectivity index (χ1n) is 10.3. The number of hydrogen-bond donors (Lipinski definition) is 3. The van der Waals surface area contributed by atoms with Crippen molar-refractivity contribution in [1.82, 2.24) is 15.3 Å². The molecule has 0 unspecified atom stereocenters. The van der Waals surface area contributed by atoms with Crippen LogP contribution in [-0.4, -0.2) is 45.0 Å². The number of hydrogen-bond acceptors (Lipinski definition) is 5. The Hall–Kier alpha value is -1.04. The molecule has 1 aromatic rings. The van der Waals surface area contributed by atoms with Crippen LogP contribution >= 0.6 is 0 Å². The Labute approximate surface area is 157 Å². The summed E-state index contributed by atoms with van der Waals surface area (Å²) in [6.07, 6.45) is 9.28. The Kier molecular flexibility index (Phi) is 6.31. The second kappa shape index (κ2) is 8.32. The van der Waals surface area contributed by atoms with Gasteiger partial charge in [0.05, 0.1) is 6.10 Å². The third-order valence-electron chi connectivity index (χ3n) is 6.15. The fourth-order valence-electron chi connectivity index (χ4n) is 4.62. The molecular formula is C21H35N3O2. The predicted molar refractivity (Wildman–Crippen MR) is 103 cm³/mol. The van der Waals surface area contributed by atoms with Crippen LogP contribution in [0.3, 0.4) is 0 Å². The summed E-state index contributed by atoms with van der Waals surface area (Å²) >= 11 is 0. The van der Waals surface area contributed by atoms with E-state index in [2.05, 4.69) is 31.1 Å². The lowest BCUT2D eigenvalue weighted by molar-refractivity contribution is 0.0714. The van der Waals surface area contributed by atoms with Crippen LogP contribution in [0.25, 0.3) is 0 Å². The summed E-state index contributed by atoms with van der Waals surface area (Å²) in [5.41, 5.74) is 0.930. The van der Waals surface area contributed by atoms with E-state index in [1.165, 1.54) is 32.1 Å². The van der Waals surface area contributed by atoms with E-state index in [1.807, 2.05) is 12.3 Å². The number of nitrogens with zero attached hydrogens (tertiary/aromatic N) is 2. The molecule has 5 heteroatoms. The Balaban J connectivity index is 1.75. The van der Waals surface area contributed by atoms with Gasteiger partial charge in [-0.1, -0.05) is 40.0 Å². The highest BCUT2D eigenvalue weighted by Gasteiger charge is 2.43. The second-order valence-corrected chi connectivity index (χ2v) is 9.25. The van der Waals surface area contributed by atoms with E-state index in [9.17, 15) is 10.2 Å². The van der Waals surface area contributed by atoms with Gasteiger partial charge in [0.2, 0.25) is 0 Å². The molecular weight excluding hydrogens is 326 g/mol. The van der Waals surface area contributed by atoms with Gasteiger partial charge in [-0.25, -0.2) is 9.97 Å². The van der Waals surface area contributed by atoms with E-state index in [4.69, 9.17) is 4.98 Å². The van der Waals surface area contributed by atoms with Gasteiger partial charge < -0.3 is 15.5 Å². The van der Waals surface area contributed by atoms with E-state index in [-0.39, 0.29) is 29.9 Å². The summed E-state index contributed by atoms with van der Waals surface area (Å²) in [4.78, 5) is 9.21. The summed E-state index contributed by atoms with van der Waals surface area (Å²) in [6, 6.07) is 2.78. The van der Waals surface area contributed by atoms with Crippen molar-refractivity contribution in [3.8, 4) is 0 Å². The van der Waals surface area contributed by atoms with Crippen molar-refractivity contribution >= 4 is 0 Å². The van der Waals surface area contributed by atoms with Crippen molar-refractivity contribution in [2.75, 3.05) is 6.61 Å². The zero-order chi connectivity index (χ0) is 18.7. The average Bonchev–Trinajstić information content (AvgIpc) is 2.89. The molecule has 0 bridgehead atoms. The molecule has 3 rings (SSSR count). The summed E-state index contributed by atoms with van der Waals surface area (Å²) in [6.45, 7) is 6.39. The van der Waals surface area contributed by atoms with Crippen molar-refractivity contribution < 1.29 is 10.2 Å². The van der Waals surface area contributed by atoms with Crippen molar-refractivity contribution in [1.29, 1.82) is 0 Å². The summed E-state index contributed by atoms with van der Waals surface area (Å²) in [7, 11) is 0. The lowest BCUT2D eigenvalue weighted by Crippen LogP contribution is -2.43. The normalized spacial score (nSPS) is 30.7. The minimum absolute atomic E-state index is 0.0336. The van der Waals surface area contributed by atoms with E-state index in [0.29, 0.717) is 6.04 Å². The van der Waals surface area contributed by atoms with Gasteiger partial charge in [0.1, 0.15) is 5.82 Å². The first kappa shape index (κ1) is 19.7. The Morgan fingerprint density at radius 3 is 2.54 bits per heavy atom. The third-order valence-corrected chi connectivity index (χ3v) is 6.15. The highest BCUT2D eigenvalue weighted by atomic mass is 16.3. The molecule has 1 aromatic heterocycles. The molecule has 0 amide bonds. The van der Waals surface area contributed by atoms with Gasteiger partial charge in [0.15, 0.2) is 0 Å². The van der Waals surface area contributed by atoms with Crippen molar-refractivity contribution in [3.63, 3.8) is 0 Å². The van der Waals surface area contributed by atoms with Crippen LogP contribution in [0, 0.1) is 11.8 Å². The third kappa shape index (κ3) is 4.62. The van der Waals surface area contributed by atoms with Crippen LogP contribution in [0.4, 0.5) is 0 Å². The molecule has 2 aliphatic carbocycles. The maximum absolute atomic E-state index is 10.5. The zero-order valence-electron chi connectivity index (χ0n) is 16.5. The molecule has 5 nitrogen and oxygen atoms in total. The molecule has 146 valence electrons. The number of aliphatic hydroxyl groups excluding tert-OH is 2. The Morgan fingerprint density at radius 1 is 1.15 bits per heavy atom. The van der Waals surface area contributed by atoms with Gasteiger partial charge in [0.25, 0.3) is 0 Å². The van der Waals surface area contributed by atoms with Crippen LogP contribution in [0.1, 0.15) is 70.8 Å². The van der Waals surface area contributed by atoms with E-state index < -0.39 is 6.10 Å². The standard InChI is InChI=1S/C21H35N3O2/c1-21(2,3)20-22-10-9-15(24-20)11-16-17(13-25)19(26)12-18(16)23-14-7-5-4-6-8-14/h9-10,14,16-19,23,25-26H,4-8,11-13H2,1-3H3/t16-,17-,18-,19-/m1/s1. The molecule has 0 aliphatic heterocycles. The van der Waals surface area contributed by atoms with Gasteiger partial charge in [-0.2, -0.15) is 0 Å². The number of aliphatic hydroxyl groups is 2. The smallest absolute Gasteiger partial charge is 0.133 e. The van der Waals surface area contributed by atoms with E-state index in [0.717, 1.165) is 24.4 Å². The fourth-order valence-corrected chi connectivity index (χ4v) is 4.62. The molecule has 0 spiro atoms. The second-order valence-electron chi connectivity index (χ2n) is 9.25. The molecule has 26 heavy (non-hydrogen) atoms. The van der Waals surface area contributed by atoms with Crippen LogP contribution in [0.15, 0.2) is 12.3 Å². The Morgan fingerprint density at radius 2 is 1.88 bits per heavy atom. The summed E-state index contributed by atoms with van der Waals surface area (Å²) < 4.78 is 0. The molecule has 4 atom stereocenters. The predicted octanol–water partition coefficient (Wildman–Crippen LogP) is 2.60. The average molecular weight is 362 g/mol. The molecule has 2 fully saturated rings. The van der Waals surface area contributed by atoms with Gasteiger partial charge >= 0.3 is 0 Å². The largest absolute Gasteiger partial charge is 0.396 e. The zero-order valence-corrected chi connectivity index (χ0v) is 16.5. The lowest BCUT2D eigenvalue weighted by atomic mass is 9.87. The Bertz CT molecular complexity index is 581. The van der Waals surface area contributed by atoms with Gasteiger partial charge in [0, 0.05) is 41.9 Å². The van der Waals surface area contributed by atoms with Crippen LogP contribution in [-0.2, 0) is 11.8 Å². The van der Waals surface area contributed by atoms with Crippen molar-refractivity contribution in [2.45, 2.75) is 89.3 Å². The number of aromatic nitrogens is 2. The number of nitrogens with one attached hydrogen (secondary N) is 1. The van der Waals surface area contributed by atoms with Crippen LogP contribution in [0.2, 0.25) is 0 Å². The maximum Gasteiger partial charge on any atom is 0.133 e.